The first-order chi connectivity index (χ1) is 14.2. The van der Waals surface area contributed by atoms with Crippen molar-refractivity contribution in [2.75, 3.05) is 6.54 Å². The Morgan fingerprint density at radius 1 is 0.967 bits per heavy atom. The molecular weight excluding hydrogens is 372 g/mol. The van der Waals surface area contributed by atoms with Crippen molar-refractivity contribution in [3.05, 3.63) is 70.3 Å². The molecule has 1 unspecified atom stereocenters. The van der Waals surface area contributed by atoms with Crippen molar-refractivity contribution in [1.29, 1.82) is 0 Å². The highest BCUT2D eigenvalue weighted by Gasteiger charge is 2.29. The molecule has 0 radical (unpaired) electrons. The molecule has 0 aliphatic carbocycles. The van der Waals surface area contributed by atoms with Crippen LogP contribution in [0.4, 0.5) is 0 Å². The lowest BCUT2D eigenvalue weighted by Crippen LogP contribution is -2.50. The summed E-state index contributed by atoms with van der Waals surface area (Å²) in [7, 11) is 0. The minimum Gasteiger partial charge on any atom is -0.354 e. The van der Waals surface area contributed by atoms with E-state index < -0.39 is 6.04 Å². The number of aryl methyl sites for hydroxylation is 3. The van der Waals surface area contributed by atoms with Crippen molar-refractivity contribution in [2.24, 2.45) is 5.92 Å². The van der Waals surface area contributed by atoms with Crippen LogP contribution in [-0.2, 0) is 22.6 Å². The molecule has 4 heteroatoms. The van der Waals surface area contributed by atoms with Crippen LogP contribution in [0.3, 0.4) is 0 Å². The lowest BCUT2D eigenvalue weighted by atomic mass is 10.0. The molecule has 1 N–H and O–H groups in total. The molecule has 0 bridgehead atoms. The van der Waals surface area contributed by atoms with Gasteiger partial charge in [-0.25, -0.2) is 0 Å². The molecule has 0 fully saturated rings. The first kappa shape index (κ1) is 23.7. The number of nitrogens with one attached hydrogen (secondary N) is 1. The zero-order valence-electron chi connectivity index (χ0n) is 19.3. The largest absolute Gasteiger partial charge is 0.354 e. The monoisotopic (exact) mass is 408 g/mol. The number of carbonyl (C=O) groups is 2. The predicted molar refractivity (Wildman–Crippen MR) is 123 cm³/mol. The van der Waals surface area contributed by atoms with Gasteiger partial charge in [-0.05, 0) is 55.4 Å². The summed E-state index contributed by atoms with van der Waals surface area (Å²) in [5.74, 6) is 0.273. The highest BCUT2D eigenvalue weighted by atomic mass is 16.2. The quantitative estimate of drug-likeness (QED) is 0.652. The Balaban J connectivity index is 2.33. The van der Waals surface area contributed by atoms with Crippen LogP contribution in [0.25, 0.3) is 0 Å². The zero-order chi connectivity index (χ0) is 22.3. The van der Waals surface area contributed by atoms with Crippen LogP contribution in [0.5, 0.6) is 0 Å². The lowest BCUT2D eigenvalue weighted by Gasteiger charge is -2.31. The molecule has 2 aromatic rings. The summed E-state index contributed by atoms with van der Waals surface area (Å²) in [4.78, 5) is 28.2. The molecule has 0 aliphatic heterocycles. The molecule has 0 saturated carbocycles. The second kappa shape index (κ2) is 11.0. The third-order valence-electron chi connectivity index (χ3n) is 5.52. The van der Waals surface area contributed by atoms with Gasteiger partial charge in [-0.1, -0.05) is 68.8 Å². The molecule has 2 rings (SSSR count). The molecule has 30 heavy (non-hydrogen) atoms. The Hall–Kier alpha value is -2.62. The van der Waals surface area contributed by atoms with E-state index in [4.69, 9.17) is 0 Å². The molecule has 2 amide bonds. The molecule has 0 aromatic heterocycles. The van der Waals surface area contributed by atoms with Gasteiger partial charge in [0.2, 0.25) is 11.8 Å². The van der Waals surface area contributed by atoms with E-state index in [2.05, 4.69) is 37.4 Å². The van der Waals surface area contributed by atoms with Gasteiger partial charge in [0.15, 0.2) is 0 Å². The normalized spacial score (nSPS) is 12.0. The van der Waals surface area contributed by atoms with Crippen LogP contribution in [0.2, 0.25) is 0 Å². The maximum absolute atomic E-state index is 13.5. The van der Waals surface area contributed by atoms with Gasteiger partial charge in [-0.15, -0.1) is 0 Å². The molecule has 2 aromatic carbocycles. The molecule has 0 aliphatic rings. The van der Waals surface area contributed by atoms with Gasteiger partial charge in [0.25, 0.3) is 0 Å². The number of amides is 2. The van der Waals surface area contributed by atoms with E-state index in [0.29, 0.717) is 31.8 Å². The fourth-order valence-electron chi connectivity index (χ4n) is 3.57. The van der Waals surface area contributed by atoms with Crippen LogP contribution in [0, 0.1) is 26.7 Å². The van der Waals surface area contributed by atoms with Crippen LogP contribution in [0.1, 0.15) is 55.0 Å². The van der Waals surface area contributed by atoms with E-state index in [9.17, 15) is 9.59 Å². The van der Waals surface area contributed by atoms with E-state index in [1.807, 2.05) is 52.0 Å². The number of benzene rings is 2. The SMILES string of the molecule is CCC(C(=O)NCC(C)C)N(Cc1ccccc1C)C(=O)Cc1cc(C)ccc1C. The fraction of sp³-hybridized carbons (Fsp3) is 0.462. The average Bonchev–Trinajstić information content (AvgIpc) is 2.70. The van der Waals surface area contributed by atoms with Crippen LogP contribution < -0.4 is 5.32 Å². The van der Waals surface area contributed by atoms with Gasteiger partial charge in [0.1, 0.15) is 6.04 Å². The summed E-state index contributed by atoms with van der Waals surface area (Å²) >= 11 is 0. The number of rotatable bonds is 9. The number of hydrogen-bond acceptors (Lipinski definition) is 2. The summed E-state index contributed by atoms with van der Waals surface area (Å²) in [5.41, 5.74) is 5.45. The number of carbonyl (C=O) groups excluding carboxylic acids is 2. The average molecular weight is 409 g/mol. The Morgan fingerprint density at radius 3 is 2.27 bits per heavy atom. The van der Waals surface area contributed by atoms with E-state index in [0.717, 1.165) is 27.8 Å². The summed E-state index contributed by atoms with van der Waals surface area (Å²) in [5, 5.41) is 3.02. The van der Waals surface area contributed by atoms with Crippen LogP contribution >= 0.6 is 0 Å². The lowest BCUT2D eigenvalue weighted by molar-refractivity contribution is -0.141. The zero-order valence-corrected chi connectivity index (χ0v) is 19.3. The van der Waals surface area contributed by atoms with Crippen molar-refractivity contribution in [3.63, 3.8) is 0 Å². The third-order valence-corrected chi connectivity index (χ3v) is 5.52. The predicted octanol–water partition coefficient (Wildman–Crippen LogP) is 4.73. The van der Waals surface area contributed by atoms with Gasteiger partial charge in [-0.3, -0.25) is 9.59 Å². The Bertz CT molecular complexity index is 873. The number of nitrogens with zero attached hydrogens (tertiary/aromatic N) is 1. The Morgan fingerprint density at radius 2 is 1.63 bits per heavy atom. The summed E-state index contributed by atoms with van der Waals surface area (Å²) in [6, 6.07) is 13.7. The maximum atomic E-state index is 13.5. The molecule has 0 saturated heterocycles. The minimum atomic E-state index is -0.485. The van der Waals surface area contributed by atoms with Gasteiger partial charge in [-0.2, -0.15) is 0 Å². The Kier molecular flexibility index (Phi) is 8.64. The summed E-state index contributed by atoms with van der Waals surface area (Å²) in [6.07, 6.45) is 0.877. The molecule has 0 spiro atoms. The van der Waals surface area contributed by atoms with E-state index in [1.54, 1.807) is 4.90 Å². The summed E-state index contributed by atoms with van der Waals surface area (Å²) in [6.45, 7) is 13.3. The van der Waals surface area contributed by atoms with Crippen LogP contribution in [0.15, 0.2) is 42.5 Å². The summed E-state index contributed by atoms with van der Waals surface area (Å²) < 4.78 is 0. The topological polar surface area (TPSA) is 49.4 Å². The number of hydrogen-bond donors (Lipinski definition) is 1. The van der Waals surface area contributed by atoms with Gasteiger partial charge in [0.05, 0.1) is 6.42 Å². The molecule has 1 atom stereocenters. The van der Waals surface area contributed by atoms with E-state index >= 15 is 0 Å². The van der Waals surface area contributed by atoms with Crippen molar-refractivity contribution in [3.8, 4) is 0 Å². The van der Waals surface area contributed by atoms with Crippen molar-refractivity contribution < 1.29 is 9.59 Å². The first-order valence-electron chi connectivity index (χ1n) is 10.9. The van der Waals surface area contributed by atoms with Gasteiger partial charge in [0, 0.05) is 13.1 Å². The highest BCUT2D eigenvalue weighted by molar-refractivity contribution is 5.88. The van der Waals surface area contributed by atoms with Gasteiger partial charge >= 0.3 is 0 Å². The first-order valence-corrected chi connectivity index (χ1v) is 10.9. The minimum absolute atomic E-state index is 0.0153. The second-order valence-electron chi connectivity index (χ2n) is 8.62. The molecule has 162 valence electrons. The second-order valence-corrected chi connectivity index (χ2v) is 8.62. The van der Waals surface area contributed by atoms with Crippen molar-refractivity contribution >= 4 is 11.8 Å². The van der Waals surface area contributed by atoms with Gasteiger partial charge < -0.3 is 10.2 Å². The van der Waals surface area contributed by atoms with Crippen molar-refractivity contribution in [2.45, 2.75) is 67.0 Å². The highest BCUT2D eigenvalue weighted by Crippen LogP contribution is 2.19. The fourth-order valence-corrected chi connectivity index (χ4v) is 3.57. The van der Waals surface area contributed by atoms with E-state index in [-0.39, 0.29) is 11.8 Å². The molecule has 4 nitrogen and oxygen atoms in total. The van der Waals surface area contributed by atoms with E-state index in [1.165, 1.54) is 0 Å². The molecular formula is C26H36N2O2. The third kappa shape index (κ3) is 6.45. The maximum Gasteiger partial charge on any atom is 0.242 e. The Labute approximate surface area is 181 Å². The standard InChI is InChI=1S/C26H36N2O2/c1-7-24(26(30)27-16-18(2)3)28(17-22-11-9-8-10-20(22)5)25(29)15-23-14-19(4)12-13-21(23)6/h8-14,18,24H,7,15-17H2,1-6H3,(H,27,30). The smallest absolute Gasteiger partial charge is 0.242 e. The van der Waals surface area contributed by atoms with Crippen molar-refractivity contribution in [1.82, 2.24) is 10.2 Å². The van der Waals surface area contributed by atoms with Crippen LogP contribution in [-0.4, -0.2) is 29.3 Å². The molecule has 0 heterocycles.